The standard InChI is InChI=1S/C15H16N2O3/c1-3-10(2)16-15(20)17-9-11(8-14(18)19)12-6-4-5-7-13(12)17/h1,4-7,10-11H,8-9H2,2H3,(H,16,20)(H,18,19). The van der Waals surface area contributed by atoms with E-state index < -0.39 is 5.97 Å². The molecule has 20 heavy (non-hydrogen) atoms. The van der Waals surface area contributed by atoms with Crippen molar-refractivity contribution in [3.8, 4) is 12.3 Å². The number of benzene rings is 1. The zero-order chi connectivity index (χ0) is 14.7. The van der Waals surface area contributed by atoms with Gasteiger partial charge in [0.05, 0.1) is 12.5 Å². The molecule has 0 saturated heterocycles. The van der Waals surface area contributed by atoms with Gasteiger partial charge in [0.25, 0.3) is 0 Å². The second-order valence-electron chi connectivity index (χ2n) is 4.80. The lowest BCUT2D eigenvalue weighted by molar-refractivity contribution is -0.137. The van der Waals surface area contributed by atoms with Crippen LogP contribution in [0.2, 0.25) is 0 Å². The molecule has 1 aromatic carbocycles. The second-order valence-corrected chi connectivity index (χ2v) is 4.80. The zero-order valence-electron chi connectivity index (χ0n) is 11.2. The Morgan fingerprint density at radius 1 is 1.55 bits per heavy atom. The van der Waals surface area contributed by atoms with Crippen molar-refractivity contribution in [3.63, 3.8) is 0 Å². The van der Waals surface area contributed by atoms with Crippen molar-refractivity contribution in [3.05, 3.63) is 29.8 Å². The summed E-state index contributed by atoms with van der Waals surface area (Å²) in [6.07, 6.45) is 5.25. The summed E-state index contributed by atoms with van der Waals surface area (Å²) in [4.78, 5) is 24.7. The van der Waals surface area contributed by atoms with Gasteiger partial charge in [0.15, 0.2) is 0 Å². The molecule has 1 aliphatic heterocycles. The minimum Gasteiger partial charge on any atom is -0.481 e. The number of urea groups is 1. The number of para-hydroxylation sites is 1. The average Bonchev–Trinajstić information content (AvgIpc) is 2.77. The molecule has 2 atom stereocenters. The van der Waals surface area contributed by atoms with Crippen molar-refractivity contribution in [1.82, 2.24) is 5.32 Å². The highest BCUT2D eigenvalue weighted by molar-refractivity contribution is 5.95. The van der Waals surface area contributed by atoms with E-state index in [2.05, 4.69) is 11.2 Å². The third-order valence-corrected chi connectivity index (χ3v) is 3.33. The van der Waals surface area contributed by atoms with Gasteiger partial charge in [0.1, 0.15) is 0 Å². The Kier molecular flexibility index (Phi) is 3.94. The highest BCUT2D eigenvalue weighted by atomic mass is 16.4. The molecule has 2 rings (SSSR count). The van der Waals surface area contributed by atoms with Crippen molar-refractivity contribution >= 4 is 17.7 Å². The summed E-state index contributed by atoms with van der Waals surface area (Å²) in [5.74, 6) is 1.38. The van der Waals surface area contributed by atoms with Crippen LogP contribution in [0.15, 0.2) is 24.3 Å². The minimum atomic E-state index is -0.871. The lowest BCUT2D eigenvalue weighted by Gasteiger charge is -2.19. The number of hydrogen-bond donors (Lipinski definition) is 2. The molecule has 104 valence electrons. The van der Waals surface area contributed by atoms with E-state index in [9.17, 15) is 9.59 Å². The number of terminal acetylenes is 1. The molecule has 1 heterocycles. The molecule has 0 bridgehead atoms. The summed E-state index contributed by atoms with van der Waals surface area (Å²) in [6.45, 7) is 2.07. The lowest BCUT2D eigenvalue weighted by Crippen LogP contribution is -2.43. The van der Waals surface area contributed by atoms with Gasteiger partial charge in [-0.05, 0) is 18.6 Å². The molecule has 5 nitrogen and oxygen atoms in total. The molecule has 0 spiro atoms. The first-order chi connectivity index (χ1) is 9.52. The number of anilines is 1. The number of rotatable bonds is 3. The van der Waals surface area contributed by atoms with Crippen LogP contribution in [-0.2, 0) is 4.79 Å². The van der Waals surface area contributed by atoms with Crippen LogP contribution < -0.4 is 10.2 Å². The van der Waals surface area contributed by atoms with E-state index in [-0.39, 0.29) is 24.4 Å². The van der Waals surface area contributed by atoms with E-state index in [4.69, 9.17) is 11.5 Å². The summed E-state index contributed by atoms with van der Waals surface area (Å²) in [5.41, 5.74) is 1.64. The number of aliphatic carboxylic acids is 1. The summed E-state index contributed by atoms with van der Waals surface area (Å²) in [7, 11) is 0. The van der Waals surface area contributed by atoms with Gasteiger partial charge in [-0.2, -0.15) is 0 Å². The fourth-order valence-corrected chi connectivity index (χ4v) is 2.38. The lowest BCUT2D eigenvalue weighted by atomic mass is 9.98. The zero-order valence-corrected chi connectivity index (χ0v) is 11.2. The molecule has 1 aromatic rings. The Bertz CT molecular complexity index is 577. The molecule has 5 heteroatoms. The van der Waals surface area contributed by atoms with E-state index in [1.165, 1.54) is 0 Å². The Labute approximate surface area is 117 Å². The topological polar surface area (TPSA) is 69.6 Å². The monoisotopic (exact) mass is 272 g/mol. The minimum absolute atomic E-state index is 0.00544. The van der Waals surface area contributed by atoms with Gasteiger partial charge in [-0.3, -0.25) is 9.69 Å². The number of carboxylic acids is 1. The molecular formula is C15H16N2O3. The quantitative estimate of drug-likeness (QED) is 0.824. The maximum absolute atomic E-state index is 12.2. The Morgan fingerprint density at radius 2 is 2.25 bits per heavy atom. The third-order valence-electron chi connectivity index (χ3n) is 3.33. The van der Waals surface area contributed by atoms with Crippen molar-refractivity contribution in [2.24, 2.45) is 0 Å². The number of nitrogens with zero attached hydrogens (tertiary/aromatic N) is 1. The highest BCUT2D eigenvalue weighted by Gasteiger charge is 2.33. The average molecular weight is 272 g/mol. The number of carboxylic acid groups (broad SMARTS) is 1. The van der Waals surface area contributed by atoms with Crippen LogP contribution in [0.4, 0.5) is 10.5 Å². The van der Waals surface area contributed by atoms with E-state index in [1.807, 2.05) is 24.3 Å². The van der Waals surface area contributed by atoms with E-state index in [1.54, 1.807) is 11.8 Å². The maximum atomic E-state index is 12.2. The van der Waals surface area contributed by atoms with Crippen molar-refractivity contribution in [2.75, 3.05) is 11.4 Å². The Morgan fingerprint density at radius 3 is 2.90 bits per heavy atom. The van der Waals surface area contributed by atoms with E-state index in [0.717, 1.165) is 11.3 Å². The van der Waals surface area contributed by atoms with Crippen molar-refractivity contribution in [1.29, 1.82) is 0 Å². The van der Waals surface area contributed by atoms with E-state index in [0.29, 0.717) is 6.54 Å². The number of hydrogen-bond acceptors (Lipinski definition) is 2. The first-order valence-corrected chi connectivity index (χ1v) is 6.37. The first kappa shape index (κ1) is 13.9. The molecule has 1 aliphatic rings. The summed E-state index contributed by atoms with van der Waals surface area (Å²) < 4.78 is 0. The van der Waals surface area contributed by atoms with Gasteiger partial charge in [-0.15, -0.1) is 6.42 Å². The van der Waals surface area contributed by atoms with Gasteiger partial charge < -0.3 is 10.4 Å². The summed E-state index contributed by atoms with van der Waals surface area (Å²) in [5, 5.41) is 11.7. The summed E-state index contributed by atoms with van der Waals surface area (Å²) >= 11 is 0. The molecule has 2 N–H and O–H groups in total. The van der Waals surface area contributed by atoms with Crippen LogP contribution in [0.3, 0.4) is 0 Å². The normalized spacial score (nSPS) is 18.0. The Hall–Kier alpha value is -2.48. The van der Waals surface area contributed by atoms with E-state index >= 15 is 0 Å². The molecular weight excluding hydrogens is 256 g/mol. The molecule has 0 radical (unpaired) electrons. The number of fused-ring (bicyclic) bond motifs is 1. The van der Waals surface area contributed by atoms with Crippen LogP contribution >= 0.6 is 0 Å². The molecule has 0 aliphatic carbocycles. The smallest absolute Gasteiger partial charge is 0.322 e. The molecule has 0 saturated carbocycles. The molecule has 0 fully saturated rings. The van der Waals surface area contributed by atoms with Gasteiger partial charge >= 0.3 is 12.0 Å². The Balaban J connectivity index is 2.23. The van der Waals surface area contributed by atoms with Crippen molar-refractivity contribution < 1.29 is 14.7 Å². The number of nitrogens with one attached hydrogen (secondary N) is 1. The maximum Gasteiger partial charge on any atom is 0.322 e. The summed E-state index contributed by atoms with van der Waals surface area (Å²) in [6, 6.07) is 6.69. The fraction of sp³-hybridized carbons (Fsp3) is 0.333. The van der Waals surface area contributed by atoms with Gasteiger partial charge in [0, 0.05) is 18.2 Å². The predicted octanol–water partition coefficient (Wildman–Crippen LogP) is 1.80. The number of carbonyl (C=O) groups is 2. The SMILES string of the molecule is C#CC(C)NC(=O)N1CC(CC(=O)O)c2ccccc21. The number of carbonyl (C=O) groups excluding carboxylic acids is 1. The third kappa shape index (κ3) is 2.75. The van der Waals surface area contributed by atoms with Crippen LogP contribution in [0.5, 0.6) is 0 Å². The van der Waals surface area contributed by atoms with Gasteiger partial charge in [0.2, 0.25) is 0 Å². The van der Waals surface area contributed by atoms with Gasteiger partial charge in [-0.1, -0.05) is 24.1 Å². The van der Waals surface area contributed by atoms with Crippen LogP contribution in [-0.4, -0.2) is 29.7 Å². The van der Waals surface area contributed by atoms with Crippen LogP contribution in [0.1, 0.15) is 24.8 Å². The van der Waals surface area contributed by atoms with Crippen LogP contribution in [0, 0.1) is 12.3 Å². The fourth-order valence-electron chi connectivity index (χ4n) is 2.38. The second kappa shape index (κ2) is 5.66. The largest absolute Gasteiger partial charge is 0.481 e. The first-order valence-electron chi connectivity index (χ1n) is 6.37. The molecule has 2 unspecified atom stereocenters. The molecule has 0 aromatic heterocycles. The number of amides is 2. The molecule has 2 amide bonds. The van der Waals surface area contributed by atoms with Crippen molar-refractivity contribution in [2.45, 2.75) is 25.3 Å². The van der Waals surface area contributed by atoms with Crippen LogP contribution in [0.25, 0.3) is 0 Å². The predicted molar refractivity (Wildman–Crippen MR) is 75.6 cm³/mol. The highest BCUT2D eigenvalue weighted by Crippen LogP contribution is 2.37. The van der Waals surface area contributed by atoms with Gasteiger partial charge in [-0.25, -0.2) is 4.79 Å².